The van der Waals surface area contributed by atoms with E-state index in [0.717, 1.165) is 32.4 Å². The van der Waals surface area contributed by atoms with E-state index in [-0.39, 0.29) is 18.3 Å². The second kappa shape index (κ2) is 9.31. The van der Waals surface area contributed by atoms with Gasteiger partial charge in [0.1, 0.15) is 5.75 Å². The van der Waals surface area contributed by atoms with Crippen molar-refractivity contribution in [2.24, 2.45) is 0 Å². The predicted molar refractivity (Wildman–Crippen MR) is 104 cm³/mol. The molecule has 0 radical (unpaired) electrons. The lowest BCUT2D eigenvalue weighted by atomic mass is 9.89. The van der Waals surface area contributed by atoms with Crippen LogP contribution in [0.25, 0.3) is 0 Å². The summed E-state index contributed by atoms with van der Waals surface area (Å²) in [7, 11) is 0. The molecule has 1 amide bonds. The van der Waals surface area contributed by atoms with E-state index in [0.29, 0.717) is 24.0 Å². The minimum absolute atomic E-state index is 0.00412. The largest absolute Gasteiger partial charge is 0.508 e. The molecule has 0 atom stereocenters. The van der Waals surface area contributed by atoms with Crippen LogP contribution in [-0.2, 0) is 4.79 Å². The molecule has 1 aliphatic rings. The Hall–Kier alpha value is -2.69. The lowest BCUT2D eigenvalue weighted by Crippen LogP contribution is -2.40. The Morgan fingerprint density at radius 2 is 1.67 bits per heavy atom. The zero-order valence-electron chi connectivity index (χ0n) is 15.8. The smallest absolute Gasteiger partial charge is 0.260 e. The van der Waals surface area contributed by atoms with E-state index in [1.165, 1.54) is 5.56 Å². The molecule has 1 aliphatic heterocycles. The van der Waals surface area contributed by atoms with Crippen LogP contribution >= 0.6 is 0 Å². The maximum Gasteiger partial charge on any atom is 0.260 e. The average Bonchev–Trinajstić information content (AvgIpc) is 2.72. The Balaban J connectivity index is 1.49. The van der Waals surface area contributed by atoms with Crippen LogP contribution in [0, 0.1) is 0 Å². The van der Waals surface area contributed by atoms with E-state index in [1.807, 2.05) is 41.3 Å². The lowest BCUT2D eigenvalue weighted by molar-refractivity contribution is -0.134. The first-order valence-electron chi connectivity index (χ1n) is 9.58. The number of likely N-dealkylation sites (tertiary alicyclic amines) is 1. The van der Waals surface area contributed by atoms with Crippen molar-refractivity contribution in [3.63, 3.8) is 0 Å². The normalized spacial score (nSPS) is 14.8. The average molecular weight is 369 g/mol. The van der Waals surface area contributed by atoms with E-state index in [4.69, 9.17) is 9.47 Å². The number of nitrogens with zero attached hydrogens (tertiary/aromatic N) is 1. The van der Waals surface area contributed by atoms with Gasteiger partial charge in [0.15, 0.2) is 18.1 Å². The number of rotatable bonds is 7. The van der Waals surface area contributed by atoms with Crippen molar-refractivity contribution in [1.29, 1.82) is 0 Å². The van der Waals surface area contributed by atoms with Crippen LogP contribution in [0.2, 0.25) is 0 Å². The van der Waals surface area contributed by atoms with E-state index < -0.39 is 0 Å². The molecule has 5 nitrogen and oxygen atoms in total. The van der Waals surface area contributed by atoms with Crippen molar-refractivity contribution >= 4 is 5.91 Å². The highest BCUT2D eigenvalue weighted by atomic mass is 16.5. The lowest BCUT2D eigenvalue weighted by Gasteiger charge is -2.32. The summed E-state index contributed by atoms with van der Waals surface area (Å²) in [5.74, 6) is 2.01. The summed E-state index contributed by atoms with van der Waals surface area (Å²) < 4.78 is 11.4. The molecule has 0 bridgehead atoms. The highest BCUT2D eigenvalue weighted by Gasteiger charge is 2.24. The van der Waals surface area contributed by atoms with Gasteiger partial charge in [0.2, 0.25) is 0 Å². The molecule has 1 heterocycles. The number of carbonyl (C=O) groups excluding carboxylic acids is 1. The molecule has 2 aromatic rings. The van der Waals surface area contributed by atoms with Gasteiger partial charge in [0.25, 0.3) is 5.91 Å². The van der Waals surface area contributed by atoms with Gasteiger partial charge in [-0.15, -0.1) is 0 Å². The Labute approximate surface area is 160 Å². The second-order valence-electron chi connectivity index (χ2n) is 6.83. The fraction of sp³-hybridized carbons (Fsp3) is 0.409. The van der Waals surface area contributed by atoms with Crippen LogP contribution in [0.5, 0.6) is 17.2 Å². The minimum Gasteiger partial charge on any atom is -0.508 e. The van der Waals surface area contributed by atoms with Gasteiger partial charge >= 0.3 is 0 Å². The van der Waals surface area contributed by atoms with Gasteiger partial charge in [-0.25, -0.2) is 0 Å². The molecule has 144 valence electrons. The maximum atomic E-state index is 12.5. The highest BCUT2D eigenvalue weighted by molar-refractivity contribution is 5.78. The molecule has 0 unspecified atom stereocenters. The molecule has 2 aromatic carbocycles. The number of ether oxygens (including phenoxy) is 2. The third-order valence-electron chi connectivity index (χ3n) is 4.87. The van der Waals surface area contributed by atoms with Crippen molar-refractivity contribution < 1.29 is 19.4 Å². The maximum absolute atomic E-state index is 12.5. The van der Waals surface area contributed by atoms with Crippen molar-refractivity contribution in [2.45, 2.75) is 32.1 Å². The number of para-hydroxylation sites is 2. The number of phenols is 1. The molecule has 0 aliphatic carbocycles. The van der Waals surface area contributed by atoms with E-state index in [1.54, 1.807) is 12.1 Å². The van der Waals surface area contributed by atoms with Gasteiger partial charge in [-0.3, -0.25) is 4.79 Å². The Kier molecular flexibility index (Phi) is 6.58. The number of aromatic hydroxyl groups is 1. The SMILES string of the molecule is CCCOc1ccccc1OCC(=O)N1CCC(c2ccc(O)cc2)CC1. The molecule has 1 N–H and O–H groups in total. The van der Waals surface area contributed by atoms with Gasteiger partial charge in [0, 0.05) is 13.1 Å². The number of hydrogen-bond donors (Lipinski definition) is 1. The monoisotopic (exact) mass is 369 g/mol. The Bertz CT molecular complexity index is 736. The van der Waals surface area contributed by atoms with Crippen molar-refractivity contribution in [2.75, 3.05) is 26.3 Å². The van der Waals surface area contributed by atoms with Crippen LogP contribution in [0.3, 0.4) is 0 Å². The topological polar surface area (TPSA) is 59.0 Å². The number of benzene rings is 2. The van der Waals surface area contributed by atoms with Crippen LogP contribution in [0.4, 0.5) is 0 Å². The van der Waals surface area contributed by atoms with Crippen LogP contribution < -0.4 is 9.47 Å². The van der Waals surface area contributed by atoms with E-state index in [2.05, 4.69) is 6.92 Å². The molecule has 5 heteroatoms. The summed E-state index contributed by atoms with van der Waals surface area (Å²) >= 11 is 0. The zero-order valence-corrected chi connectivity index (χ0v) is 15.8. The highest BCUT2D eigenvalue weighted by Crippen LogP contribution is 2.30. The third-order valence-corrected chi connectivity index (χ3v) is 4.87. The Morgan fingerprint density at radius 3 is 2.30 bits per heavy atom. The quantitative estimate of drug-likeness (QED) is 0.802. The van der Waals surface area contributed by atoms with E-state index in [9.17, 15) is 9.90 Å². The second-order valence-corrected chi connectivity index (χ2v) is 6.83. The van der Waals surface area contributed by atoms with Crippen molar-refractivity contribution in [3.8, 4) is 17.2 Å². The van der Waals surface area contributed by atoms with Gasteiger partial charge in [-0.05, 0) is 55.0 Å². The van der Waals surface area contributed by atoms with Gasteiger partial charge < -0.3 is 19.5 Å². The van der Waals surface area contributed by atoms with Crippen LogP contribution in [0.1, 0.15) is 37.7 Å². The van der Waals surface area contributed by atoms with Gasteiger partial charge in [-0.2, -0.15) is 0 Å². The van der Waals surface area contributed by atoms with Crippen LogP contribution in [0.15, 0.2) is 48.5 Å². The fourth-order valence-electron chi connectivity index (χ4n) is 3.34. The summed E-state index contributed by atoms with van der Waals surface area (Å²) in [5, 5.41) is 9.41. The number of hydrogen-bond acceptors (Lipinski definition) is 4. The third kappa shape index (κ3) is 5.16. The van der Waals surface area contributed by atoms with E-state index >= 15 is 0 Å². The molecule has 0 saturated carbocycles. The molecule has 1 saturated heterocycles. The molecule has 0 aromatic heterocycles. The molecular formula is C22H27NO4. The summed E-state index contributed by atoms with van der Waals surface area (Å²) in [4.78, 5) is 14.4. The molecule has 1 fully saturated rings. The van der Waals surface area contributed by atoms with Gasteiger partial charge in [-0.1, -0.05) is 31.2 Å². The van der Waals surface area contributed by atoms with Crippen LogP contribution in [-0.4, -0.2) is 42.2 Å². The Morgan fingerprint density at radius 1 is 1.04 bits per heavy atom. The summed E-state index contributed by atoms with van der Waals surface area (Å²) in [6.45, 7) is 4.15. The van der Waals surface area contributed by atoms with Gasteiger partial charge in [0.05, 0.1) is 6.61 Å². The summed E-state index contributed by atoms with van der Waals surface area (Å²) in [5.41, 5.74) is 1.22. The first-order chi connectivity index (χ1) is 13.2. The molecule has 27 heavy (non-hydrogen) atoms. The summed E-state index contributed by atoms with van der Waals surface area (Å²) in [6, 6.07) is 14.8. The molecule has 3 rings (SSSR count). The zero-order chi connectivity index (χ0) is 19.1. The fourth-order valence-corrected chi connectivity index (χ4v) is 3.34. The number of amides is 1. The van der Waals surface area contributed by atoms with Crippen molar-refractivity contribution in [1.82, 2.24) is 4.90 Å². The predicted octanol–water partition coefficient (Wildman–Crippen LogP) is 3.97. The van der Waals surface area contributed by atoms with Crippen molar-refractivity contribution in [3.05, 3.63) is 54.1 Å². The molecule has 0 spiro atoms. The minimum atomic E-state index is 0.00412. The first-order valence-corrected chi connectivity index (χ1v) is 9.58. The molecular weight excluding hydrogens is 342 g/mol. The number of carbonyl (C=O) groups is 1. The number of piperidine rings is 1. The summed E-state index contributed by atoms with van der Waals surface area (Å²) in [6.07, 6.45) is 2.77. The first kappa shape index (κ1) is 19.1. The number of phenolic OH excluding ortho intramolecular Hbond substituents is 1. The standard InChI is InChI=1S/C22H27NO4/c1-2-15-26-20-5-3-4-6-21(20)27-16-22(25)23-13-11-18(12-14-23)17-7-9-19(24)10-8-17/h3-10,18,24H,2,11-16H2,1H3.